The maximum absolute atomic E-state index is 5.34. The molecule has 0 aliphatic carbocycles. The molecule has 0 aromatic heterocycles. The number of hydrogen-bond donors (Lipinski definition) is 0. The molecule has 1 rings (SSSR count). The molecule has 1 aliphatic rings. The van der Waals surface area contributed by atoms with Crippen molar-refractivity contribution in [2.75, 3.05) is 19.8 Å². The maximum Gasteiger partial charge on any atom is 0.332 e. The summed E-state index contributed by atoms with van der Waals surface area (Å²) < 4.78 is 15.8. The van der Waals surface area contributed by atoms with Crippen molar-refractivity contribution < 1.29 is 13.6 Å². The Bertz CT molecular complexity index is 93.7. The summed E-state index contributed by atoms with van der Waals surface area (Å²) in [6.07, 6.45) is 3.24. The largest absolute Gasteiger partial charge is 0.332 e. The van der Waals surface area contributed by atoms with Gasteiger partial charge >= 0.3 is 8.60 Å². The average molecular weight is 178 g/mol. The van der Waals surface area contributed by atoms with Gasteiger partial charge in [-0.1, -0.05) is 13.3 Å². The van der Waals surface area contributed by atoms with E-state index in [9.17, 15) is 0 Å². The first kappa shape index (κ1) is 9.40. The van der Waals surface area contributed by atoms with Crippen molar-refractivity contribution in [3.63, 3.8) is 0 Å². The molecule has 1 aliphatic heterocycles. The Balaban J connectivity index is 1.96. The lowest BCUT2D eigenvalue weighted by Gasteiger charge is -2.20. The third-order valence-corrected chi connectivity index (χ3v) is 2.56. The lowest BCUT2D eigenvalue weighted by molar-refractivity contribution is 0.115. The van der Waals surface area contributed by atoms with Crippen molar-refractivity contribution in [2.45, 2.75) is 26.2 Å². The molecule has 3 nitrogen and oxygen atoms in total. The van der Waals surface area contributed by atoms with Gasteiger partial charge in [0.05, 0.1) is 19.8 Å². The minimum atomic E-state index is -0.983. The topological polar surface area (TPSA) is 27.7 Å². The fourth-order valence-corrected chi connectivity index (χ4v) is 1.79. The third kappa shape index (κ3) is 4.02. The highest BCUT2D eigenvalue weighted by atomic mass is 31.2. The summed E-state index contributed by atoms with van der Waals surface area (Å²) in [6, 6.07) is 0. The van der Waals surface area contributed by atoms with E-state index in [1.54, 1.807) is 0 Å². The molecular formula is C7H15O3P. The highest BCUT2D eigenvalue weighted by molar-refractivity contribution is 7.41. The van der Waals surface area contributed by atoms with Gasteiger partial charge in [0.25, 0.3) is 0 Å². The lowest BCUT2D eigenvalue weighted by Crippen LogP contribution is -2.07. The summed E-state index contributed by atoms with van der Waals surface area (Å²) >= 11 is 0. The van der Waals surface area contributed by atoms with Gasteiger partial charge in [-0.2, -0.15) is 0 Å². The average Bonchev–Trinajstić information content (AvgIpc) is 2.07. The fourth-order valence-electron chi connectivity index (χ4n) is 0.732. The molecule has 1 heterocycles. The van der Waals surface area contributed by atoms with E-state index < -0.39 is 8.60 Å². The van der Waals surface area contributed by atoms with Crippen LogP contribution in [0.5, 0.6) is 0 Å². The zero-order valence-electron chi connectivity index (χ0n) is 6.91. The first-order valence-corrected chi connectivity index (χ1v) is 5.22. The molecular weight excluding hydrogens is 163 g/mol. The van der Waals surface area contributed by atoms with Gasteiger partial charge in [-0.05, 0) is 12.8 Å². The van der Waals surface area contributed by atoms with E-state index >= 15 is 0 Å². The molecule has 11 heavy (non-hydrogen) atoms. The molecule has 0 unspecified atom stereocenters. The first-order chi connectivity index (χ1) is 5.43. The van der Waals surface area contributed by atoms with Crippen LogP contribution in [-0.2, 0) is 13.6 Å². The molecule has 0 aromatic carbocycles. The van der Waals surface area contributed by atoms with E-state index in [0.29, 0.717) is 0 Å². The quantitative estimate of drug-likeness (QED) is 0.489. The summed E-state index contributed by atoms with van der Waals surface area (Å²) in [5.74, 6) is 0. The molecule has 1 saturated heterocycles. The number of rotatable bonds is 4. The Kier molecular flexibility index (Phi) is 5.04. The Morgan fingerprint density at radius 2 is 2.09 bits per heavy atom. The third-order valence-electron chi connectivity index (χ3n) is 1.38. The molecule has 66 valence electrons. The highest BCUT2D eigenvalue weighted by Gasteiger charge is 2.15. The van der Waals surface area contributed by atoms with Crippen LogP contribution in [-0.4, -0.2) is 19.8 Å². The smallest absolute Gasteiger partial charge is 0.312 e. The van der Waals surface area contributed by atoms with E-state index in [-0.39, 0.29) is 0 Å². The second-order valence-electron chi connectivity index (χ2n) is 2.43. The highest BCUT2D eigenvalue weighted by Crippen LogP contribution is 2.42. The molecule has 1 fully saturated rings. The minimum absolute atomic E-state index is 0.766. The van der Waals surface area contributed by atoms with Gasteiger partial charge in [0.1, 0.15) is 0 Å². The Morgan fingerprint density at radius 3 is 2.73 bits per heavy atom. The van der Waals surface area contributed by atoms with E-state index in [1.165, 1.54) is 0 Å². The fraction of sp³-hybridized carbons (Fsp3) is 1.00. The molecule has 0 amide bonds. The van der Waals surface area contributed by atoms with Gasteiger partial charge in [-0.3, -0.25) is 0 Å². The van der Waals surface area contributed by atoms with Crippen molar-refractivity contribution in [1.29, 1.82) is 0 Å². The Morgan fingerprint density at radius 1 is 1.36 bits per heavy atom. The van der Waals surface area contributed by atoms with Gasteiger partial charge < -0.3 is 13.6 Å². The zero-order valence-corrected chi connectivity index (χ0v) is 7.81. The standard InChI is InChI=1S/C7H15O3P/c1-2-3-5-8-11-9-6-4-7-10-11/h2-7H2,1H3. The van der Waals surface area contributed by atoms with Gasteiger partial charge in [-0.15, -0.1) is 0 Å². The lowest BCUT2D eigenvalue weighted by atomic mass is 10.4. The van der Waals surface area contributed by atoms with E-state index in [0.717, 1.165) is 39.1 Å². The van der Waals surface area contributed by atoms with Crippen molar-refractivity contribution >= 4 is 8.60 Å². The monoisotopic (exact) mass is 178 g/mol. The van der Waals surface area contributed by atoms with Crippen molar-refractivity contribution in [3.05, 3.63) is 0 Å². The van der Waals surface area contributed by atoms with Crippen LogP contribution in [0.25, 0.3) is 0 Å². The SMILES string of the molecule is CCCCOP1OCCCO1. The predicted molar refractivity (Wildman–Crippen MR) is 44.3 cm³/mol. The summed E-state index contributed by atoms with van der Waals surface area (Å²) in [5, 5.41) is 0. The number of hydrogen-bond acceptors (Lipinski definition) is 3. The Hall–Kier alpha value is 0.310. The molecule has 0 N–H and O–H groups in total. The van der Waals surface area contributed by atoms with Gasteiger partial charge in [0.2, 0.25) is 0 Å². The molecule has 0 spiro atoms. The summed E-state index contributed by atoms with van der Waals surface area (Å²) in [5.41, 5.74) is 0. The summed E-state index contributed by atoms with van der Waals surface area (Å²) in [6.45, 7) is 4.48. The van der Waals surface area contributed by atoms with Crippen LogP contribution >= 0.6 is 8.60 Å². The van der Waals surface area contributed by atoms with Gasteiger partial charge in [-0.25, -0.2) is 0 Å². The summed E-state index contributed by atoms with van der Waals surface area (Å²) in [7, 11) is -0.983. The molecule has 0 radical (unpaired) electrons. The van der Waals surface area contributed by atoms with Crippen LogP contribution < -0.4 is 0 Å². The minimum Gasteiger partial charge on any atom is -0.312 e. The van der Waals surface area contributed by atoms with Crippen molar-refractivity contribution in [3.8, 4) is 0 Å². The second-order valence-corrected chi connectivity index (χ2v) is 3.65. The van der Waals surface area contributed by atoms with Crippen LogP contribution in [0, 0.1) is 0 Å². The van der Waals surface area contributed by atoms with Crippen molar-refractivity contribution in [2.24, 2.45) is 0 Å². The van der Waals surface area contributed by atoms with Crippen molar-refractivity contribution in [1.82, 2.24) is 0 Å². The van der Waals surface area contributed by atoms with E-state index in [4.69, 9.17) is 13.6 Å². The van der Waals surface area contributed by atoms with Crippen LogP contribution in [0.15, 0.2) is 0 Å². The normalized spacial score (nSPS) is 20.5. The predicted octanol–water partition coefficient (Wildman–Crippen LogP) is 2.47. The molecule has 4 heteroatoms. The van der Waals surface area contributed by atoms with Crippen LogP contribution in [0.2, 0.25) is 0 Å². The molecule has 0 saturated carbocycles. The maximum atomic E-state index is 5.34. The number of unbranched alkanes of at least 4 members (excludes halogenated alkanes) is 1. The molecule has 0 aromatic rings. The van der Waals surface area contributed by atoms with Crippen LogP contribution in [0.1, 0.15) is 26.2 Å². The van der Waals surface area contributed by atoms with Crippen LogP contribution in [0.3, 0.4) is 0 Å². The van der Waals surface area contributed by atoms with Crippen LogP contribution in [0.4, 0.5) is 0 Å². The zero-order chi connectivity index (χ0) is 7.94. The van der Waals surface area contributed by atoms with E-state index in [2.05, 4.69) is 6.92 Å². The van der Waals surface area contributed by atoms with E-state index in [1.807, 2.05) is 0 Å². The second kappa shape index (κ2) is 5.90. The van der Waals surface area contributed by atoms with Gasteiger partial charge in [0, 0.05) is 0 Å². The van der Waals surface area contributed by atoms with Gasteiger partial charge in [0.15, 0.2) is 0 Å². The molecule has 0 bridgehead atoms. The first-order valence-electron chi connectivity index (χ1n) is 4.12. The Labute approximate surface area is 69.0 Å². The summed E-state index contributed by atoms with van der Waals surface area (Å²) in [4.78, 5) is 0. The molecule has 0 atom stereocenters.